The summed E-state index contributed by atoms with van der Waals surface area (Å²) in [5.41, 5.74) is 3.86. The fraction of sp³-hybridized carbons (Fsp3) is 0.208. The van der Waals surface area contributed by atoms with Crippen molar-refractivity contribution < 1.29 is 9.69 Å². The van der Waals surface area contributed by atoms with Gasteiger partial charge < -0.3 is 4.79 Å². The van der Waals surface area contributed by atoms with Crippen molar-refractivity contribution in [2.75, 3.05) is 22.4 Å². The monoisotopic (exact) mass is 405 g/mol. The standard InChI is InChI=1S/C24H26N2O2P/c1-20-12-14-21(15-13-20)24(16-19-27)29(28)25(22-8-4-2-5-9-22)17-18-26(29)23-10-6-3-7-11-23/h2-15,19,24,28H,16-18H2,1H3/q+1. The molecule has 148 valence electrons. The van der Waals surface area contributed by atoms with Crippen molar-refractivity contribution >= 4 is 25.5 Å². The lowest BCUT2D eigenvalue weighted by Crippen LogP contribution is -2.29. The van der Waals surface area contributed by atoms with Crippen molar-refractivity contribution in [1.82, 2.24) is 0 Å². The molecule has 29 heavy (non-hydrogen) atoms. The first-order valence-electron chi connectivity index (χ1n) is 9.92. The Morgan fingerprint density at radius 2 is 1.34 bits per heavy atom. The number of para-hydroxylation sites is 2. The Balaban J connectivity index is 1.86. The number of nitrogens with zero attached hydrogens (tertiary/aromatic N) is 2. The molecule has 0 amide bonds. The van der Waals surface area contributed by atoms with E-state index in [-0.39, 0.29) is 12.1 Å². The average Bonchev–Trinajstić information content (AvgIpc) is 3.12. The van der Waals surface area contributed by atoms with Crippen LogP contribution in [0.3, 0.4) is 0 Å². The second-order valence-corrected chi connectivity index (χ2v) is 10.2. The van der Waals surface area contributed by atoms with Gasteiger partial charge >= 0.3 is 7.79 Å². The van der Waals surface area contributed by atoms with Crippen molar-refractivity contribution in [3.05, 3.63) is 96.1 Å². The molecule has 0 radical (unpaired) electrons. The Morgan fingerprint density at radius 1 is 0.862 bits per heavy atom. The van der Waals surface area contributed by atoms with Gasteiger partial charge in [0.25, 0.3) is 0 Å². The first-order valence-corrected chi connectivity index (χ1v) is 11.6. The van der Waals surface area contributed by atoms with Crippen LogP contribution in [0.15, 0.2) is 84.9 Å². The van der Waals surface area contributed by atoms with Crippen LogP contribution >= 0.6 is 7.79 Å². The summed E-state index contributed by atoms with van der Waals surface area (Å²) in [4.78, 5) is 24.1. The predicted octanol–water partition coefficient (Wildman–Crippen LogP) is 5.41. The van der Waals surface area contributed by atoms with Gasteiger partial charge in [0.1, 0.15) is 6.29 Å². The summed E-state index contributed by atoms with van der Waals surface area (Å²) in [7, 11) is -2.91. The molecule has 0 bridgehead atoms. The fourth-order valence-electron chi connectivity index (χ4n) is 4.11. The van der Waals surface area contributed by atoms with E-state index in [9.17, 15) is 9.69 Å². The van der Waals surface area contributed by atoms with Gasteiger partial charge in [0.2, 0.25) is 0 Å². The van der Waals surface area contributed by atoms with Gasteiger partial charge in [-0.1, -0.05) is 66.2 Å². The van der Waals surface area contributed by atoms with E-state index in [4.69, 9.17) is 0 Å². The second-order valence-electron chi connectivity index (χ2n) is 7.36. The third kappa shape index (κ3) is 3.66. The molecule has 1 fully saturated rings. The number of aldehydes is 1. The molecule has 1 unspecified atom stereocenters. The number of carbonyl (C=O) groups is 1. The zero-order chi connectivity index (χ0) is 20.3. The minimum Gasteiger partial charge on any atom is -0.303 e. The van der Waals surface area contributed by atoms with E-state index in [1.165, 1.54) is 0 Å². The van der Waals surface area contributed by atoms with Gasteiger partial charge in [-0.25, -0.2) is 14.2 Å². The van der Waals surface area contributed by atoms with Crippen molar-refractivity contribution in [2.24, 2.45) is 0 Å². The molecule has 0 spiro atoms. The van der Waals surface area contributed by atoms with Crippen molar-refractivity contribution in [3.8, 4) is 0 Å². The van der Waals surface area contributed by atoms with Gasteiger partial charge in [-0.15, -0.1) is 0 Å². The van der Waals surface area contributed by atoms with Crippen molar-refractivity contribution in [1.29, 1.82) is 0 Å². The van der Waals surface area contributed by atoms with Gasteiger partial charge in [-0.3, -0.25) is 0 Å². The maximum Gasteiger partial charge on any atom is 0.339 e. The molecule has 0 aliphatic carbocycles. The highest BCUT2D eigenvalue weighted by molar-refractivity contribution is 7.74. The minimum absolute atomic E-state index is 0.278. The molecule has 1 atom stereocenters. The van der Waals surface area contributed by atoms with E-state index in [1.54, 1.807) is 0 Å². The average molecular weight is 405 g/mol. The molecule has 1 saturated heterocycles. The number of carbonyl (C=O) groups excluding carboxylic acids is 1. The van der Waals surface area contributed by atoms with Crippen LogP contribution in [-0.4, -0.2) is 24.3 Å². The minimum atomic E-state index is -2.91. The first kappa shape index (κ1) is 19.6. The predicted molar refractivity (Wildman–Crippen MR) is 121 cm³/mol. The van der Waals surface area contributed by atoms with E-state index in [0.29, 0.717) is 13.1 Å². The van der Waals surface area contributed by atoms with Gasteiger partial charge in [0.15, 0.2) is 5.66 Å². The Bertz CT molecular complexity index is 900. The number of anilines is 2. The zero-order valence-electron chi connectivity index (χ0n) is 16.6. The molecule has 1 aliphatic rings. The van der Waals surface area contributed by atoms with Crippen LogP contribution in [0.2, 0.25) is 0 Å². The lowest BCUT2D eigenvalue weighted by molar-refractivity contribution is -0.107. The molecule has 4 rings (SSSR count). The number of benzene rings is 3. The summed E-state index contributed by atoms with van der Waals surface area (Å²) in [6.07, 6.45) is 1.22. The Kier molecular flexibility index (Phi) is 5.66. The quantitative estimate of drug-likeness (QED) is 0.440. The van der Waals surface area contributed by atoms with E-state index in [0.717, 1.165) is 28.8 Å². The smallest absolute Gasteiger partial charge is 0.303 e. The largest absolute Gasteiger partial charge is 0.339 e. The van der Waals surface area contributed by atoms with Gasteiger partial charge in [0, 0.05) is 0 Å². The Morgan fingerprint density at radius 3 is 1.79 bits per heavy atom. The lowest BCUT2D eigenvalue weighted by Gasteiger charge is -2.36. The van der Waals surface area contributed by atoms with Gasteiger partial charge in [0.05, 0.1) is 30.9 Å². The number of aryl methyl sites for hydroxylation is 1. The molecule has 3 aromatic rings. The van der Waals surface area contributed by atoms with E-state index >= 15 is 0 Å². The Labute approximate surface area is 172 Å². The normalized spacial score (nSPS) is 16.6. The highest BCUT2D eigenvalue weighted by Crippen LogP contribution is 2.75. The van der Waals surface area contributed by atoms with Crippen LogP contribution in [-0.2, 0) is 4.79 Å². The molecule has 0 aromatic heterocycles. The summed E-state index contributed by atoms with van der Waals surface area (Å²) in [6.45, 7) is 3.47. The van der Waals surface area contributed by atoms with E-state index in [1.807, 2.05) is 79.7 Å². The van der Waals surface area contributed by atoms with Crippen molar-refractivity contribution in [2.45, 2.75) is 19.0 Å². The first-order chi connectivity index (χ1) is 14.1. The van der Waals surface area contributed by atoms with Crippen LogP contribution < -0.4 is 9.34 Å². The highest BCUT2D eigenvalue weighted by Gasteiger charge is 2.61. The molecule has 1 heterocycles. The fourth-order valence-corrected chi connectivity index (χ4v) is 7.69. The maximum atomic E-state index is 12.4. The summed E-state index contributed by atoms with van der Waals surface area (Å²) in [5, 5.41) is 0. The third-order valence-electron chi connectivity index (χ3n) is 5.54. The summed E-state index contributed by atoms with van der Waals surface area (Å²) < 4.78 is 4.27. The molecular weight excluding hydrogens is 379 g/mol. The highest BCUT2D eigenvalue weighted by atomic mass is 31.2. The van der Waals surface area contributed by atoms with E-state index in [2.05, 4.69) is 21.5 Å². The molecule has 1 N–H and O–H groups in total. The number of rotatable bonds is 6. The molecule has 0 saturated carbocycles. The molecule has 1 aliphatic heterocycles. The topological polar surface area (TPSA) is 43.8 Å². The summed E-state index contributed by atoms with van der Waals surface area (Å²) in [6, 6.07) is 28.3. The second kappa shape index (κ2) is 8.36. The Hall–Kier alpha value is -2.68. The zero-order valence-corrected chi connectivity index (χ0v) is 17.5. The van der Waals surface area contributed by atoms with Crippen LogP contribution in [0.4, 0.5) is 11.4 Å². The molecule has 4 nitrogen and oxygen atoms in total. The summed E-state index contributed by atoms with van der Waals surface area (Å²) in [5.74, 6) is 0. The van der Waals surface area contributed by atoms with E-state index < -0.39 is 7.79 Å². The van der Waals surface area contributed by atoms with Crippen molar-refractivity contribution in [3.63, 3.8) is 0 Å². The number of hydrogen-bond donors (Lipinski definition) is 1. The van der Waals surface area contributed by atoms with Crippen LogP contribution in [0.25, 0.3) is 0 Å². The molecule has 3 aromatic carbocycles. The van der Waals surface area contributed by atoms with Crippen LogP contribution in [0, 0.1) is 6.92 Å². The summed E-state index contributed by atoms with van der Waals surface area (Å²) >= 11 is 0. The van der Waals surface area contributed by atoms with Crippen LogP contribution in [0.5, 0.6) is 0 Å². The molecular formula is C24H26N2O2P+. The van der Waals surface area contributed by atoms with Crippen LogP contribution in [0.1, 0.15) is 23.2 Å². The van der Waals surface area contributed by atoms with Gasteiger partial charge in [-0.05, 0) is 36.8 Å². The SMILES string of the molecule is Cc1ccc(C(CC=O)[P+]2(O)N(c3ccccc3)CCN2c2ccccc2)cc1. The van der Waals surface area contributed by atoms with Gasteiger partial charge in [-0.2, -0.15) is 0 Å². The number of hydrogen-bond acceptors (Lipinski definition) is 4. The molecule has 5 heteroatoms. The lowest BCUT2D eigenvalue weighted by atomic mass is 10.1. The third-order valence-corrected chi connectivity index (χ3v) is 9.17. The maximum absolute atomic E-state index is 12.4.